The molecule has 0 spiro atoms. The molecule has 0 atom stereocenters. The van der Waals surface area contributed by atoms with Crippen LogP contribution >= 0.6 is 31.9 Å². The molecular weight excluding hydrogens is 336 g/mol. The van der Waals surface area contributed by atoms with Crippen LogP contribution in [0.4, 0.5) is 5.69 Å². The number of rotatable bonds is 2. The van der Waals surface area contributed by atoms with Gasteiger partial charge in [-0.05, 0) is 48.0 Å². The lowest BCUT2D eigenvalue weighted by molar-refractivity contribution is -0.121. The zero-order chi connectivity index (χ0) is 12.3. The first kappa shape index (κ1) is 13.2. The van der Waals surface area contributed by atoms with Crippen molar-refractivity contribution in [3.05, 3.63) is 27.1 Å². The highest BCUT2D eigenvalue weighted by Crippen LogP contribution is 2.27. The quantitative estimate of drug-likeness (QED) is 0.888. The molecule has 0 saturated carbocycles. The van der Waals surface area contributed by atoms with Gasteiger partial charge in [0.15, 0.2) is 0 Å². The molecule has 3 nitrogen and oxygen atoms in total. The molecule has 0 aromatic heterocycles. The average Bonchev–Trinajstić information content (AvgIpc) is 2.23. The highest BCUT2D eigenvalue weighted by molar-refractivity contribution is 9.11. The van der Waals surface area contributed by atoms with Gasteiger partial charge >= 0.3 is 0 Å². The molecule has 1 aromatic carbocycles. The van der Waals surface area contributed by atoms with Crippen LogP contribution in [0.2, 0.25) is 0 Å². The molecule has 0 unspecified atom stereocenters. The predicted molar refractivity (Wildman–Crippen MR) is 69.9 cm³/mol. The normalized spacial score (nSPS) is 10.7. The smallest absolute Gasteiger partial charge is 0.244 e. The van der Waals surface area contributed by atoms with Gasteiger partial charge in [-0.2, -0.15) is 5.26 Å². The van der Waals surface area contributed by atoms with Gasteiger partial charge in [-0.1, -0.05) is 15.9 Å². The summed E-state index contributed by atoms with van der Waals surface area (Å²) in [6.07, 6.45) is 0. The molecule has 0 aliphatic rings. The third kappa shape index (κ3) is 3.06. The Morgan fingerprint density at radius 3 is 2.62 bits per heavy atom. The maximum atomic E-state index is 11.8. The van der Waals surface area contributed by atoms with Gasteiger partial charge < -0.3 is 5.32 Å². The van der Waals surface area contributed by atoms with Crippen LogP contribution in [-0.2, 0) is 4.79 Å². The van der Waals surface area contributed by atoms with Gasteiger partial charge in [-0.25, -0.2) is 0 Å². The van der Waals surface area contributed by atoms with Gasteiger partial charge in [0.25, 0.3) is 0 Å². The summed E-state index contributed by atoms with van der Waals surface area (Å²) in [4.78, 5) is 11.8. The summed E-state index contributed by atoms with van der Waals surface area (Å²) < 4.78 is 1.64. The van der Waals surface area contributed by atoms with Crippen molar-refractivity contribution in [3.8, 4) is 6.07 Å². The molecule has 84 valence electrons. The second-order valence-corrected chi connectivity index (χ2v) is 5.59. The molecule has 1 rings (SSSR count). The number of amides is 1. The largest absolute Gasteiger partial charge is 0.324 e. The van der Waals surface area contributed by atoms with Crippen LogP contribution < -0.4 is 5.32 Å². The van der Waals surface area contributed by atoms with E-state index in [0.29, 0.717) is 5.69 Å². The minimum Gasteiger partial charge on any atom is -0.324 e. The number of nitrogens with one attached hydrogen (secondary N) is 1. The van der Waals surface area contributed by atoms with Gasteiger partial charge in [-0.15, -0.1) is 0 Å². The Balaban J connectivity index is 2.94. The molecule has 0 heterocycles. The number of carbonyl (C=O) groups excluding carboxylic acids is 1. The second-order valence-electron chi connectivity index (χ2n) is 3.82. The maximum Gasteiger partial charge on any atom is 0.244 e. The molecule has 0 aliphatic carbocycles. The fraction of sp³-hybridized carbons (Fsp3) is 0.273. The van der Waals surface area contributed by atoms with Crippen molar-refractivity contribution in [2.45, 2.75) is 13.8 Å². The molecule has 1 amide bonds. The van der Waals surface area contributed by atoms with Gasteiger partial charge in [-0.3, -0.25) is 4.79 Å². The summed E-state index contributed by atoms with van der Waals surface area (Å²) in [7, 11) is 0. The van der Waals surface area contributed by atoms with E-state index < -0.39 is 5.41 Å². The highest BCUT2D eigenvalue weighted by atomic mass is 79.9. The zero-order valence-corrected chi connectivity index (χ0v) is 12.0. The van der Waals surface area contributed by atoms with Crippen LogP contribution in [0.1, 0.15) is 13.8 Å². The third-order valence-corrected chi connectivity index (χ3v) is 3.21. The lowest BCUT2D eigenvalue weighted by Crippen LogP contribution is -2.29. The van der Waals surface area contributed by atoms with Crippen molar-refractivity contribution in [1.29, 1.82) is 5.26 Å². The molecule has 1 N–H and O–H groups in total. The molecule has 0 bridgehead atoms. The summed E-state index contributed by atoms with van der Waals surface area (Å²) in [5, 5.41) is 11.5. The van der Waals surface area contributed by atoms with Gasteiger partial charge in [0.1, 0.15) is 5.41 Å². The Labute approximate surface area is 111 Å². The first-order valence-corrected chi connectivity index (χ1v) is 6.13. The zero-order valence-electron chi connectivity index (χ0n) is 8.84. The molecule has 5 heteroatoms. The molecule has 0 aliphatic heterocycles. The van der Waals surface area contributed by atoms with Crippen LogP contribution in [0.3, 0.4) is 0 Å². The van der Waals surface area contributed by atoms with Crippen molar-refractivity contribution in [2.75, 3.05) is 5.32 Å². The Morgan fingerprint density at radius 1 is 1.44 bits per heavy atom. The van der Waals surface area contributed by atoms with Crippen LogP contribution in [0.5, 0.6) is 0 Å². The molecule has 0 radical (unpaired) electrons. The Bertz CT molecular complexity index is 464. The number of hydrogen-bond acceptors (Lipinski definition) is 2. The van der Waals surface area contributed by atoms with Crippen molar-refractivity contribution in [3.63, 3.8) is 0 Å². The van der Waals surface area contributed by atoms with E-state index in [-0.39, 0.29) is 5.91 Å². The monoisotopic (exact) mass is 344 g/mol. The molecule has 0 fully saturated rings. The number of benzene rings is 1. The standard InChI is InChI=1S/C11H10Br2N2O/c1-11(2,6-14)10(16)15-9-5-7(12)3-4-8(9)13/h3-5H,1-2H3,(H,15,16). The Kier molecular flexibility index (Phi) is 4.11. The lowest BCUT2D eigenvalue weighted by atomic mass is 9.95. The van der Waals surface area contributed by atoms with Gasteiger partial charge in [0, 0.05) is 8.95 Å². The highest BCUT2D eigenvalue weighted by Gasteiger charge is 2.27. The summed E-state index contributed by atoms with van der Waals surface area (Å²) in [6.45, 7) is 3.16. The minimum atomic E-state index is -1.04. The molecular formula is C11H10Br2N2O. The Morgan fingerprint density at radius 2 is 2.06 bits per heavy atom. The van der Waals surface area contributed by atoms with Gasteiger partial charge in [0.05, 0.1) is 11.8 Å². The van der Waals surface area contributed by atoms with Crippen LogP contribution in [0.25, 0.3) is 0 Å². The first-order valence-electron chi connectivity index (χ1n) is 4.54. The van der Waals surface area contributed by atoms with Crippen LogP contribution in [0, 0.1) is 16.7 Å². The van der Waals surface area contributed by atoms with E-state index in [9.17, 15) is 4.79 Å². The summed E-state index contributed by atoms with van der Waals surface area (Å²) in [5.41, 5.74) is -0.399. The van der Waals surface area contributed by atoms with Crippen LogP contribution in [-0.4, -0.2) is 5.91 Å². The second kappa shape index (κ2) is 4.98. The maximum absolute atomic E-state index is 11.8. The molecule has 0 saturated heterocycles. The van der Waals surface area contributed by atoms with E-state index in [4.69, 9.17) is 5.26 Å². The number of halogens is 2. The minimum absolute atomic E-state index is 0.325. The van der Waals surface area contributed by atoms with Gasteiger partial charge in [0.2, 0.25) is 5.91 Å². The number of anilines is 1. The number of carbonyl (C=O) groups is 1. The topological polar surface area (TPSA) is 52.9 Å². The summed E-state index contributed by atoms with van der Waals surface area (Å²) >= 11 is 6.65. The van der Waals surface area contributed by atoms with Crippen molar-refractivity contribution < 1.29 is 4.79 Å². The number of nitriles is 1. The van der Waals surface area contributed by atoms with E-state index >= 15 is 0 Å². The van der Waals surface area contributed by atoms with Crippen molar-refractivity contribution in [2.24, 2.45) is 5.41 Å². The van der Waals surface area contributed by atoms with E-state index in [1.807, 2.05) is 18.2 Å². The van der Waals surface area contributed by atoms with Crippen molar-refractivity contribution in [1.82, 2.24) is 0 Å². The van der Waals surface area contributed by atoms with E-state index in [1.165, 1.54) is 0 Å². The molecule has 1 aromatic rings. The third-order valence-electron chi connectivity index (χ3n) is 2.02. The SMILES string of the molecule is CC(C)(C#N)C(=O)Nc1cc(Br)ccc1Br. The lowest BCUT2D eigenvalue weighted by Gasteiger charge is -2.16. The fourth-order valence-electron chi connectivity index (χ4n) is 0.923. The summed E-state index contributed by atoms with van der Waals surface area (Å²) in [5.74, 6) is -0.325. The molecule has 16 heavy (non-hydrogen) atoms. The van der Waals surface area contributed by atoms with E-state index in [2.05, 4.69) is 37.2 Å². The Hall–Kier alpha value is -0.860. The predicted octanol–water partition coefficient (Wildman–Crippen LogP) is 3.70. The van der Waals surface area contributed by atoms with E-state index in [0.717, 1.165) is 8.95 Å². The average molecular weight is 346 g/mol. The summed E-state index contributed by atoms with van der Waals surface area (Å²) in [6, 6.07) is 7.40. The van der Waals surface area contributed by atoms with Crippen molar-refractivity contribution >= 4 is 43.5 Å². The fourth-order valence-corrected chi connectivity index (χ4v) is 1.63. The first-order chi connectivity index (χ1) is 7.36. The van der Waals surface area contributed by atoms with E-state index in [1.54, 1.807) is 19.9 Å². The number of nitrogens with zero attached hydrogens (tertiary/aromatic N) is 1. The number of hydrogen-bond donors (Lipinski definition) is 1. The van der Waals surface area contributed by atoms with Crippen LogP contribution in [0.15, 0.2) is 27.1 Å².